The highest BCUT2D eigenvalue weighted by Crippen LogP contribution is 2.06. The van der Waals surface area contributed by atoms with Crippen molar-refractivity contribution in [1.82, 2.24) is 5.32 Å². The van der Waals surface area contributed by atoms with Gasteiger partial charge in [-0.3, -0.25) is 0 Å². The molecular weight excluding hydrogens is 118 g/mol. The van der Waals surface area contributed by atoms with Gasteiger partial charge in [-0.25, -0.2) is 0 Å². The molecule has 0 aromatic carbocycles. The summed E-state index contributed by atoms with van der Waals surface area (Å²) >= 11 is 1.99. The SMILES string of the molecule is CCSC(C)CNC. The van der Waals surface area contributed by atoms with E-state index in [-0.39, 0.29) is 0 Å². The van der Waals surface area contributed by atoms with E-state index >= 15 is 0 Å². The highest BCUT2D eigenvalue weighted by molar-refractivity contribution is 7.99. The van der Waals surface area contributed by atoms with E-state index in [1.165, 1.54) is 5.75 Å². The van der Waals surface area contributed by atoms with Crippen LogP contribution in [0.4, 0.5) is 0 Å². The van der Waals surface area contributed by atoms with Crippen LogP contribution in [0, 0.1) is 0 Å². The number of hydrogen-bond acceptors (Lipinski definition) is 2. The number of nitrogens with one attached hydrogen (secondary N) is 1. The van der Waals surface area contributed by atoms with Gasteiger partial charge in [0.1, 0.15) is 0 Å². The van der Waals surface area contributed by atoms with E-state index in [1.807, 2.05) is 18.8 Å². The van der Waals surface area contributed by atoms with Crippen molar-refractivity contribution in [3.05, 3.63) is 0 Å². The summed E-state index contributed by atoms with van der Waals surface area (Å²) in [7, 11) is 1.99. The quantitative estimate of drug-likeness (QED) is 0.621. The van der Waals surface area contributed by atoms with Crippen molar-refractivity contribution >= 4 is 11.8 Å². The van der Waals surface area contributed by atoms with Gasteiger partial charge in [0, 0.05) is 11.8 Å². The van der Waals surface area contributed by atoms with Gasteiger partial charge in [0.15, 0.2) is 0 Å². The highest BCUT2D eigenvalue weighted by atomic mass is 32.2. The second-order valence-electron chi connectivity index (χ2n) is 1.82. The Kier molecular flexibility index (Phi) is 5.66. The van der Waals surface area contributed by atoms with Crippen LogP contribution in [0.3, 0.4) is 0 Å². The lowest BCUT2D eigenvalue weighted by atomic mass is 10.5. The fourth-order valence-corrected chi connectivity index (χ4v) is 1.48. The van der Waals surface area contributed by atoms with Crippen LogP contribution in [0.25, 0.3) is 0 Å². The van der Waals surface area contributed by atoms with Crippen LogP contribution in [0.2, 0.25) is 0 Å². The summed E-state index contributed by atoms with van der Waals surface area (Å²) in [4.78, 5) is 0. The molecule has 0 rings (SSSR count). The Morgan fingerprint density at radius 1 is 1.62 bits per heavy atom. The summed E-state index contributed by atoms with van der Waals surface area (Å²) in [5.74, 6) is 1.23. The molecule has 0 aromatic heterocycles. The number of thioether (sulfide) groups is 1. The molecule has 1 atom stereocenters. The van der Waals surface area contributed by atoms with Crippen LogP contribution in [-0.2, 0) is 0 Å². The summed E-state index contributed by atoms with van der Waals surface area (Å²) in [6, 6.07) is 0. The summed E-state index contributed by atoms with van der Waals surface area (Å²) in [6.45, 7) is 5.56. The van der Waals surface area contributed by atoms with Crippen LogP contribution in [0.15, 0.2) is 0 Å². The second-order valence-corrected chi connectivity index (χ2v) is 3.54. The molecule has 0 aromatic rings. The lowest BCUT2D eigenvalue weighted by Gasteiger charge is -2.06. The fourth-order valence-electron chi connectivity index (χ4n) is 0.631. The molecule has 8 heavy (non-hydrogen) atoms. The van der Waals surface area contributed by atoms with Crippen molar-refractivity contribution in [3.63, 3.8) is 0 Å². The standard InChI is InChI=1S/C6H15NS/c1-4-8-6(2)5-7-3/h6-7H,4-5H2,1-3H3. The largest absolute Gasteiger partial charge is 0.319 e. The first-order valence-electron chi connectivity index (χ1n) is 3.07. The van der Waals surface area contributed by atoms with Crippen molar-refractivity contribution in [2.24, 2.45) is 0 Å². The first kappa shape index (κ1) is 8.31. The molecule has 0 aliphatic heterocycles. The zero-order valence-electron chi connectivity index (χ0n) is 5.90. The molecule has 0 spiro atoms. The minimum Gasteiger partial charge on any atom is -0.319 e. The second kappa shape index (κ2) is 5.45. The molecule has 0 aliphatic carbocycles. The molecule has 50 valence electrons. The fraction of sp³-hybridized carbons (Fsp3) is 1.00. The van der Waals surface area contributed by atoms with Crippen LogP contribution >= 0.6 is 11.8 Å². The molecule has 0 amide bonds. The van der Waals surface area contributed by atoms with Crippen LogP contribution in [0.5, 0.6) is 0 Å². The van der Waals surface area contributed by atoms with Crippen LogP contribution < -0.4 is 5.32 Å². The third-order valence-corrected chi connectivity index (χ3v) is 2.01. The number of hydrogen-bond donors (Lipinski definition) is 1. The molecule has 2 heteroatoms. The summed E-state index contributed by atoms with van der Waals surface area (Å²) in [5.41, 5.74) is 0. The van der Waals surface area contributed by atoms with Gasteiger partial charge in [0.2, 0.25) is 0 Å². The molecule has 0 aliphatic rings. The van der Waals surface area contributed by atoms with Gasteiger partial charge in [0.05, 0.1) is 0 Å². The normalized spacial score (nSPS) is 13.9. The molecule has 0 radical (unpaired) electrons. The first-order valence-corrected chi connectivity index (χ1v) is 4.12. The molecule has 0 saturated heterocycles. The molecule has 0 fully saturated rings. The zero-order valence-corrected chi connectivity index (χ0v) is 6.72. The smallest absolute Gasteiger partial charge is 0.0143 e. The third kappa shape index (κ3) is 4.47. The number of rotatable bonds is 4. The Hall–Kier alpha value is 0.310. The molecule has 1 unspecified atom stereocenters. The van der Waals surface area contributed by atoms with Crippen molar-refractivity contribution in [2.45, 2.75) is 19.1 Å². The Morgan fingerprint density at radius 3 is 2.62 bits per heavy atom. The summed E-state index contributed by atoms with van der Waals surface area (Å²) < 4.78 is 0. The summed E-state index contributed by atoms with van der Waals surface area (Å²) in [5, 5.41) is 3.90. The average Bonchev–Trinajstić information content (AvgIpc) is 1.68. The van der Waals surface area contributed by atoms with E-state index in [1.54, 1.807) is 0 Å². The predicted molar refractivity (Wildman–Crippen MR) is 41.5 cm³/mol. The molecule has 0 heterocycles. The van der Waals surface area contributed by atoms with E-state index in [2.05, 4.69) is 19.2 Å². The van der Waals surface area contributed by atoms with Gasteiger partial charge in [-0.05, 0) is 12.8 Å². The topological polar surface area (TPSA) is 12.0 Å². The average molecular weight is 133 g/mol. The Balaban J connectivity index is 2.92. The van der Waals surface area contributed by atoms with Gasteiger partial charge in [-0.15, -0.1) is 0 Å². The molecule has 0 bridgehead atoms. The van der Waals surface area contributed by atoms with Gasteiger partial charge < -0.3 is 5.32 Å². The van der Waals surface area contributed by atoms with Crippen molar-refractivity contribution in [2.75, 3.05) is 19.3 Å². The molecule has 1 nitrogen and oxygen atoms in total. The summed E-state index contributed by atoms with van der Waals surface area (Å²) in [6.07, 6.45) is 0. The van der Waals surface area contributed by atoms with Crippen LogP contribution in [0.1, 0.15) is 13.8 Å². The lowest BCUT2D eigenvalue weighted by molar-refractivity contribution is 0.785. The highest BCUT2D eigenvalue weighted by Gasteiger charge is 1.95. The lowest BCUT2D eigenvalue weighted by Crippen LogP contribution is -2.17. The predicted octanol–water partition coefficient (Wildman–Crippen LogP) is 1.35. The van der Waals surface area contributed by atoms with Crippen molar-refractivity contribution in [1.29, 1.82) is 0 Å². The molecular formula is C6H15NS. The van der Waals surface area contributed by atoms with Gasteiger partial charge in [-0.2, -0.15) is 11.8 Å². The maximum atomic E-state index is 3.13. The third-order valence-electron chi connectivity index (χ3n) is 0.943. The van der Waals surface area contributed by atoms with Crippen molar-refractivity contribution in [3.8, 4) is 0 Å². The van der Waals surface area contributed by atoms with E-state index in [4.69, 9.17) is 0 Å². The van der Waals surface area contributed by atoms with Crippen LogP contribution in [-0.4, -0.2) is 24.6 Å². The monoisotopic (exact) mass is 133 g/mol. The van der Waals surface area contributed by atoms with Gasteiger partial charge in [0.25, 0.3) is 0 Å². The van der Waals surface area contributed by atoms with E-state index in [0.717, 1.165) is 11.8 Å². The van der Waals surface area contributed by atoms with Crippen molar-refractivity contribution < 1.29 is 0 Å². The van der Waals surface area contributed by atoms with E-state index in [0.29, 0.717) is 0 Å². The van der Waals surface area contributed by atoms with E-state index < -0.39 is 0 Å². The Bertz CT molecular complexity index is 41.8. The first-order chi connectivity index (χ1) is 3.81. The minimum absolute atomic E-state index is 0.769. The van der Waals surface area contributed by atoms with E-state index in [9.17, 15) is 0 Å². The maximum Gasteiger partial charge on any atom is 0.0143 e. The molecule has 0 saturated carbocycles. The zero-order chi connectivity index (χ0) is 6.41. The minimum atomic E-state index is 0.769. The maximum absolute atomic E-state index is 3.13. The van der Waals surface area contributed by atoms with Gasteiger partial charge in [-0.1, -0.05) is 13.8 Å². The Labute approximate surface area is 56.2 Å². The molecule has 1 N–H and O–H groups in total. The Morgan fingerprint density at radius 2 is 2.25 bits per heavy atom. The van der Waals surface area contributed by atoms with Gasteiger partial charge >= 0.3 is 0 Å².